The van der Waals surface area contributed by atoms with Crippen LogP contribution in [0.1, 0.15) is 49.7 Å². The number of nitriles is 1. The molecular formula is C37H41ClFN5O5. The fraction of sp³-hybridized carbons (Fsp3) is 0.324. The van der Waals surface area contributed by atoms with Crippen molar-refractivity contribution in [3.8, 4) is 17.6 Å². The van der Waals surface area contributed by atoms with E-state index in [1.165, 1.54) is 43.3 Å². The molecule has 0 saturated carbocycles. The summed E-state index contributed by atoms with van der Waals surface area (Å²) in [5.41, 5.74) is 2.43. The van der Waals surface area contributed by atoms with Crippen molar-refractivity contribution in [1.82, 2.24) is 10.3 Å². The number of nitrogens with zero attached hydrogens (tertiary/aromatic N) is 2. The monoisotopic (exact) mass is 689 g/mol. The number of aliphatic hydroxyl groups excluding tert-OH is 1. The summed E-state index contributed by atoms with van der Waals surface area (Å²) in [6.45, 7) is 3.67. The van der Waals surface area contributed by atoms with Gasteiger partial charge in [0.15, 0.2) is 0 Å². The van der Waals surface area contributed by atoms with E-state index < -0.39 is 5.91 Å². The van der Waals surface area contributed by atoms with Gasteiger partial charge in [0.1, 0.15) is 30.0 Å². The molecule has 12 heteroatoms. The topological polar surface area (TPSA) is 149 Å². The third kappa shape index (κ3) is 12.0. The second kappa shape index (κ2) is 19.9. The molecule has 0 aliphatic carbocycles. The number of ether oxygens (including phenoxy) is 2. The van der Waals surface area contributed by atoms with Crippen LogP contribution in [-0.4, -0.2) is 54.0 Å². The lowest BCUT2D eigenvalue weighted by Gasteiger charge is -2.15. The van der Waals surface area contributed by atoms with Crippen LogP contribution in [0.25, 0.3) is 10.9 Å². The van der Waals surface area contributed by atoms with Gasteiger partial charge in [-0.15, -0.1) is 0 Å². The molecule has 258 valence electrons. The van der Waals surface area contributed by atoms with E-state index in [4.69, 9.17) is 26.2 Å². The largest absolute Gasteiger partial charge is 0.506 e. The van der Waals surface area contributed by atoms with Crippen molar-refractivity contribution in [2.75, 3.05) is 43.5 Å². The number of benzene rings is 3. The van der Waals surface area contributed by atoms with Gasteiger partial charge < -0.3 is 35.6 Å². The number of hydrogen-bond acceptors (Lipinski definition) is 9. The van der Waals surface area contributed by atoms with E-state index in [0.29, 0.717) is 45.2 Å². The average Bonchev–Trinajstić information content (AvgIpc) is 3.69. The fourth-order valence-corrected chi connectivity index (χ4v) is 5.16. The van der Waals surface area contributed by atoms with Crippen molar-refractivity contribution in [2.24, 2.45) is 0 Å². The summed E-state index contributed by atoms with van der Waals surface area (Å²) >= 11 is 6.47. The summed E-state index contributed by atoms with van der Waals surface area (Å²) in [7, 11) is 0. The maximum absolute atomic E-state index is 13.5. The lowest BCUT2D eigenvalue weighted by Crippen LogP contribution is -2.16. The molecule has 1 saturated heterocycles. The predicted octanol–water partition coefficient (Wildman–Crippen LogP) is 7.36. The van der Waals surface area contributed by atoms with Gasteiger partial charge >= 0.3 is 0 Å². The number of aromatic hydroxyl groups is 1. The molecule has 0 spiro atoms. The first-order valence-corrected chi connectivity index (χ1v) is 16.6. The summed E-state index contributed by atoms with van der Waals surface area (Å²) in [5.74, 6) is -0.555. The molecule has 1 fully saturated rings. The van der Waals surface area contributed by atoms with Crippen molar-refractivity contribution < 1.29 is 28.9 Å². The third-order valence-electron chi connectivity index (χ3n) is 7.47. The number of phenols is 1. The smallest absolute Gasteiger partial charge is 0.248 e. The second-order valence-corrected chi connectivity index (χ2v) is 11.7. The van der Waals surface area contributed by atoms with E-state index in [-0.39, 0.29) is 36.0 Å². The summed E-state index contributed by atoms with van der Waals surface area (Å²) < 4.78 is 24.2. The van der Waals surface area contributed by atoms with Gasteiger partial charge in [0.2, 0.25) is 5.91 Å². The molecule has 3 aromatic carbocycles. The van der Waals surface area contributed by atoms with Gasteiger partial charge in [0.25, 0.3) is 0 Å². The standard InChI is InChI=1S/C33H33ClFN5O4.C4H8O/c34-27-16-25(10-11-31(27)44-21-22-7-5-8-24(35)15-22)39-33-23(19-36)20-38-28-18-30(42)29(17-26(28)33)40-32(43)9-6-13-37-12-3-1-2-4-14-41;1-2-4-5-3-1/h5-11,15-18,20,37,41-42H,1-4,12-14,21H2,(H,38,39)(H,40,43);1-4H2/b9-6+;. The Morgan fingerprint density at radius 2 is 1.92 bits per heavy atom. The van der Waals surface area contributed by atoms with Gasteiger partial charge in [0, 0.05) is 55.8 Å². The van der Waals surface area contributed by atoms with Gasteiger partial charge in [-0.3, -0.25) is 9.78 Å². The van der Waals surface area contributed by atoms with Crippen molar-refractivity contribution in [3.05, 3.63) is 94.9 Å². The SMILES string of the molecule is C1CCOC1.N#Cc1cnc2cc(O)c(NC(=O)/C=C/CNCCCCCCO)cc2c1Nc1ccc(OCc2cccc(F)c2)c(Cl)c1. The molecule has 1 aliphatic rings. The number of carbonyl (C=O) groups excluding carboxylic acids is 1. The van der Waals surface area contributed by atoms with Crippen LogP contribution in [0, 0.1) is 17.1 Å². The Kier molecular flexibility index (Phi) is 15.1. The summed E-state index contributed by atoms with van der Waals surface area (Å²) in [5, 5.41) is 39.1. The Bertz CT molecular complexity index is 1750. The molecule has 1 aliphatic heterocycles. The number of anilines is 3. The van der Waals surface area contributed by atoms with Crippen LogP contribution < -0.4 is 20.7 Å². The number of carbonyl (C=O) groups is 1. The number of fused-ring (bicyclic) bond motifs is 1. The zero-order chi connectivity index (χ0) is 34.8. The zero-order valence-corrected chi connectivity index (χ0v) is 27.9. The Labute approximate surface area is 290 Å². The Morgan fingerprint density at radius 1 is 1.10 bits per heavy atom. The molecule has 2 heterocycles. The Hall–Kier alpha value is -4.73. The van der Waals surface area contributed by atoms with Crippen molar-refractivity contribution in [2.45, 2.75) is 45.1 Å². The molecular weight excluding hydrogens is 649 g/mol. The van der Waals surface area contributed by atoms with Crippen molar-refractivity contribution in [3.63, 3.8) is 0 Å². The first-order chi connectivity index (χ1) is 23.9. The van der Waals surface area contributed by atoms with E-state index >= 15 is 0 Å². The average molecular weight is 690 g/mol. The first-order valence-electron chi connectivity index (χ1n) is 16.2. The molecule has 5 rings (SSSR count). The van der Waals surface area contributed by atoms with Crippen LogP contribution in [0.5, 0.6) is 11.5 Å². The Morgan fingerprint density at radius 3 is 2.63 bits per heavy atom. The molecule has 10 nitrogen and oxygen atoms in total. The van der Waals surface area contributed by atoms with Gasteiger partial charge in [0.05, 0.1) is 27.5 Å². The lowest BCUT2D eigenvalue weighted by atomic mass is 10.1. The number of halogens is 2. The number of unbranched alkanes of at least 4 members (excludes halogenated alkanes) is 3. The molecule has 0 unspecified atom stereocenters. The van der Waals surface area contributed by atoms with Crippen LogP contribution in [0.3, 0.4) is 0 Å². The number of pyridine rings is 1. The minimum atomic E-state index is -0.427. The highest BCUT2D eigenvalue weighted by Gasteiger charge is 2.15. The van der Waals surface area contributed by atoms with Gasteiger partial charge in [-0.2, -0.15) is 5.26 Å². The molecule has 49 heavy (non-hydrogen) atoms. The van der Waals surface area contributed by atoms with Crippen LogP contribution in [0.2, 0.25) is 5.02 Å². The van der Waals surface area contributed by atoms with Crippen LogP contribution in [0.15, 0.2) is 72.9 Å². The number of hydrogen-bond donors (Lipinski definition) is 5. The normalized spacial score (nSPS) is 12.4. The lowest BCUT2D eigenvalue weighted by molar-refractivity contribution is -0.111. The van der Waals surface area contributed by atoms with Crippen molar-refractivity contribution in [1.29, 1.82) is 5.26 Å². The zero-order valence-electron chi connectivity index (χ0n) is 27.2. The third-order valence-corrected chi connectivity index (χ3v) is 7.76. The quantitative estimate of drug-likeness (QED) is 0.0490. The summed E-state index contributed by atoms with van der Waals surface area (Å²) in [6, 6.07) is 16.2. The van der Waals surface area contributed by atoms with E-state index in [1.807, 2.05) is 0 Å². The summed E-state index contributed by atoms with van der Waals surface area (Å²) in [6.07, 6.45) is 10.8. The highest BCUT2D eigenvalue weighted by molar-refractivity contribution is 6.32. The van der Waals surface area contributed by atoms with Gasteiger partial charge in [-0.25, -0.2) is 4.39 Å². The van der Waals surface area contributed by atoms with E-state index in [0.717, 1.165) is 45.4 Å². The number of rotatable bonds is 15. The molecule has 1 aromatic heterocycles. The highest BCUT2D eigenvalue weighted by atomic mass is 35.5. The van der Waals surface area contributed by atoms with E-state index in [2.05, 4.69) is 27.0 Å². The predicted molar refractivity (Wildman–Crippen MR) is 190 cm³/mol. The minimum absolute atomic E-state index is 0.133. The number of nitrogens with one attached hydrogen (secondary N) is 3. The molecule has 4 aromatic rings. The second-order valence-electron chi connectivity index (χ2n) is 11.3. The van der Waals surface area contributed by atoms with Crippen LogP contribution in [-0.2, 0) is 16.1 Å². The van der Waals surface area contributed by atoms with Gasteiger partial charge in [-0.05, 0) is 74.2 Å². The number of amides is 1. The minimum Gasteiger partial charge on any atom is -0.506 e. The van der Waals surface area contributed by atoms with Gasteiger partial charge in [-0.1, -0.05) is 42.7 Å². The molecule has 0 radical (unpaired) electrons. The molecule has 0 atom stereocenters. The first kappa shape index (κ1) is 37.1. The highest BCUT2D eigenvalue weighted by Crippen LogP contribution is 2.37. The fourth-order valence-electron chi connectivity index (χ4n) is 4.93. The molecule has 1 amide bonds. The maximum Gasteiger partial charge on any atom is 0.248 e. The number of aliphatic hydroxyl groups is 1. The maximum atomic E-state index is 13.5. The van der Waals surface area contributed by atoms with Crippen molar-refractivity contribution >= 4 is 45.5 Å². The van der Waals surface area contributed by atoms with E-state index in [1.54, 1.807) is 42.5 Å². The van der Waals surface area contributed by atoms with E-state index in [9.17, 15) is 19.6 Å². The molecule has 0 bridgehead atoms. The van der Waals surface area contributed by atoms with Crippen LogP contribution >= 0.6 is 11.6 Å². The van der Waals surface area contributed by atoms with Crippen LogP contribution in [0.4, 0.5) is 21.5 Å². The molecule has 5 N–H and O–H groups in total. The number of phenolic OH excluding ortho intramolecular Hbond substituents is 1. The Balaban J connectivity index is 0.000000989. The summed E-state index contributed by atoms with van der Waals surface area (Å²) in [4.78, 5) is 16.8. The number of aromatic nitrogens is 1.